The molecule has 0 amide bonds. The number of rotatable bonds is 2. The molecule has 0 atom stereocenters. The van der Waals surface area contributed by atoms with Crippen molar-refractivity contribution >= 4 is 51.8 Å². The molecule has 0 aliphatic carbocycles. The number of H-pyrrole nitrogens is 2. The van der Waals surface area contributed by atoms with Crippen LogP contribution < -0.4 is 34.0 Å². The van der Waals surface area contributed by atoms with Crippen LogP contribution in [0.1, 0.15) is 38.7 Å². The van der Waals surface area contributed by atoms with E-state index in [1.807, 2.05) is 78.9 Å². The largest absolute Gasteiger partial charge is 2.00 e. The van der Waals surface area contributed by atoms with E-state index in [0.29, 0.717) is 0 Å². The second-order valence-corrected chi connectivity index (χ2v) is 7.97. The molecule has 9 heteroatoms. The van der Waals surface area contributed by atoms with Gasteiger partial charge in [-0.1, -0.05) is 12.1 Å². The summed E-state index contributed by atoms with van der Waals surface area (Å²) in [5.41, 5.74) is 9.24. The quantitative estimate of drug-likeness (QED) is 0.227. The Morgan fingerprint density at radius 3 is 1.69 bits per heavy atom. The van der Waals surface area contributed by atoms with Crippen LogP contribution >= 0.6 is 0 Å². The number of fused-ring (bicyclic) bond motifs is 8. The number of carbonyl (C=O) groups is 1. The van der Waals surface area contributed by atoms with Crippen molar-refractivity contribution in [3.05, 3.63) is 107 Å². The van der Waals surface area contributed by atoms with E-state index in [-0.39, 0.29) is 56.6 Å². The summed E-state index contributed by atoms with van der Waals surface area (Å²) in [7, 11) is 0. The molecular weight excluding hydrogens is 628 g/mol. The van der Waals surface area contributed by atoms with E-state index in [4.69, 9.17) is 4.98 Å². The molecule has 36 heavy (non-hydrogen) atoms. The van der Waals surface area contributed by atoms with Gasteiger partial charge in [-0.05, 0) is 84.5 Å². The topological polar surface area (TPSA) is 94.7 Å². The van der Waals surface area contributed by atoms with Gasteiger partial charge in [0.25, 0.3) is 0 Å². The maximum absolute atomic E-state index is 11.2. The minimum atomic E-state index is -0.943. The number of carboxylic acid groups (broad SMARTS) is 1. The fourth-order valence-electron chi connectivity index (χ4n) is 4.04. The molecule has 4 aromatic rings. The molecule has 0 radical (unpaired) electrons. The number of aromatic nitrogens is 4. The molecule has 3 aromatic heterocycles. The molecule has 0 saturated carbocycles. The normalized spacial score (nSPS) is 11.5. The van der Waals surface area contributed by atoms with Crippen LogP contribution in [0, 0.1) is 0 Å². The third kappa shape index (κ3) is 5.60. The minimum absolute atomic E-state index is 0. The van der Waals surface area contributed by atoms with E-state index < -0.39 is 5.97 Å². The van der Waals surface area contributed by atoms with Crippen molar-refractivity contribution in [3.63, 3.8) is 0 Å². The van der Waals surface area contributed by atoms with Gasteiger partial charge < -0.3 is 49.0 Å². The van der Waals surface area contributed by atoms with Crippen molar-refractivity contribution in [1.29, 1.82) is 0 Å². The van der Waals surface area contributed by atoms with Gasteiger partial charge in [-0.2, -0.15) is 0 Å². The average molecular weight is 646 g/mol. The van der Waals surface area contributed by atoms with E-state index in [0.717, 1.165) is 56.0 Å². The molecular formula is C27H18Br2FeN4O2. The SMILES string of the molecule is O=C(O)c1ccc(C2=Cc3cc4ccc(cc5nc(cc6ccc(cc2n3)[nH]6)C=C5)[nH]4)cc1.[Br-].[Br-].[Fe+2]. The molecule has 2 aliphatic heterocycles. The van der Waals surface area contributed by atoms with E-state index in [2.05, 4.69) is 15.0 Å². The summed E-state index contributed by atoms with van der Waals surface area (Å²) in [6, 6.07) is 22.9. The van der Waals surface area contributed by atoms with Crippen LogP contribution in [0.15, 0.2) is 72.8 Å². The van der Waals surface area contributed by atoms with Gasteiger partial charge >= 0.3 is 23.0 Å². The zero-order valence-corrected chi connectivity index (χ0v) is 22.8. The number of benzene rings is 1. The van der Waals surface area contributed by atoms with Gasteiger partial charge in [0, 0.05) is 27.6 Å². The Balaban J connectivity index is 0.00000120. The van der Waals surface area contributed by atoms with Crippen molar-refractivity contribution in [2.45, 2.75) is 0 Å². The first kappa shape index (κ1) is 27.4. The third-order valence-corrected chi connectivity index (χ3v) is 5.61. The number of carboxylic acids is 1. The molecule has 2 aliphatic rings. The third-order valence-electron chi connectivity index (χ3n) is 5.61. The number of aromatic carboxylic acids is 1. The molecule has 0 unspecified atom stereocenters. The van der Waals surface area contributed by atoms with Crippen LogP contribution in [0.2, 0.25) is 0 Å². The Bertz CT molecular complexity index is 1650. The monoisotopic (exact) mass is 644 g/mol. The Hall–Kier alpha value is -3.23. The number of nitrogens with zero attached hydrogens (tertiary/aromatic N) is 2. The zero-order valence-electron chi connectivity index (χ0n) is 18.5. The van der Waals surface area contributed by atoms with Gasteiger partial charge in [0.1, 0.15) is 0 Å². The summed E-state index contributed by atoms with van der Waals surface area (Å²) in [5.74, 6) is -0.943. The maximum Gasteiger partial charge on any atom is 2.00 e. The number of hydrogen-bond donors (Lipinski definition) is 3. The second-order valence-electron chi connectivity index (χ2n) is 7.97. The van der Waals surface area contributed by atoms with Crippen LogP contribution in [0.3, 0.4) is 0 Å². The molecule has 1 aromatic carbocycles. The molecule has 3 N–H and O–H groups in total. The van der Waals surface area contributed by atoms with Crippen LogP contribution in [-0.2, 0) is 17.1 Å². The predicted octanol–water partition coefficient (Wildman–Crippen LogP) is -0.222. The zero-order chi connectivity index (χ0) is 22.4. The molecule has 6 rings (SSSR count). The van der Waals surface area contributed by atoms with Crippen molar-refractivity contribution in [2.24, 2.45) is 0 Å². The number of nitrogens with one attached hydrogen (secondary N) is 2. The fourth-order valence-corrected chi connectivity index (χ4v) is 4.04. The Morgan fingerprint density at radius 2 is 1.17 bits per heavy atom. The van der Waals surface area contributed by atoms with Gasteiger partial charge in [0.05, 0.1) is 28.3 Å². The molecule has 0 fully saturated rings. The van der Waals surface area contributed by atoms with Crippen molar-refractivity contribution in [2.75, 3.05) is 0 Å². The van der Waals surface area contributed by atoms with E-state index in [9.17, 15) is 9.90 Å². The Kier molecular flexibility index (Phi) is 8.53. The molecule has 0 spiro atoms. The van der Waals surface area contributed by atoms with E-state index >= 15 is 0 Å². The summed E-state index contributed by atoms with van der Waals surface area (Å²) in [4.78, 5) is 27.6. The predicted molar refractivity (Wildman–Crippen MR) is 130 cm³/mol. The molecule has 0 saturated heterocycles. The summed E-state index contributed by atoms with van der Waals surface area (Å²) in [6.07, 6.45) is 6.01. The number of halogens is 2. The van der Waals surface area contributed by atoms with E-state index in [1.54, 1.807) is 12.1 Å². The second kappa shape index (κ2) is 11.2. The summed E-state index contributed by atoms with van der Waals surface area (Å²) >= 11 is 0. The first-order valence-electron chi connectivity index (χ1n) is 10.5. The van der Waals surface area contributed by atoms with Gasteiger partial charge in [-0.25, -0.2) is 14.8 Å². The molecule has 5 heterocycles. The average Bonchev–Trinajstić information content (AvgIpc) is 3.59. The summed E-state index contributed by atoms with van der Waals surface area (Å²) in [5, 5.41) is 9.23. The molecule has 8 bridgehead atoms. The van der Waals surface area contributed by atoms with Crippen molar-refractivity contribution < 1.29 is 60.9 Å². The van der Waals surface area contributed by atoms with Crippen molar-refractivity contribution in [3.8, 4) is 0 Å². The maximum atomic E-state index is 11.2. The van der Waals surface area contributed by atoms with Crippen LogP contribution in [0.4, 0.5) is 0 Å². The summed E-state index contributed by atoms with van der Waals surface area (Å²) < 4.78 is 0. The van der Waals surface area contributed by atoms with Gasteiger partial charge in [-0.15, -0.1) is 0 Å². The molecule has 6 nitrogen and oxygen atoms in total. The minimum Gasteiger partial charge on any atom is -1.00 e. The van der Waals surface area contributed by atoms with E-state index in [1.165, 1.54) is 0 Å². The Morgan fingerprint density at radius 1 is 0.667 bits per heavy atom. The fraction of sp³-hybridized carbons (Fsp3) is 0. The Labute approximate surface area is 238 Å². The smallest absolute Gasteiger partial charge is 1.00 e. The van der Waals surface area contributed by atoms with Crippen LogP contribution in [-0.4, -0.2) is 31.0 Å². The summed E-state index contributed by atoms with van der Waals surface area (Å²) in [6.45, 7) is 0. The number of aromatic amines is 2. The van der Waals surface area contributed by atoms with Crippen LogP contribution in [0.25, 0.3) is 45.9 Å². The van der Waals surface area contributed by atoms with Gasteiger partial charge in [0.2, 0.25) is 0 Å². The molecule has 180 valence electrons. The standard InChI is InChI=1S/C27H18N4O2.2BrH.Fe/c32-27(33)17-3-1-16(2-4-17)25-14-24-13-22-8-7-20(29-22)11-18-5-6-19(28-18)12-21-9-10-23(30-21)15-26(25)31-24;;;/h1-15,29-30H,(H,32,33);2*1H;/q;;;+2/p-2. The van der Waals surface area contributed by atoms with Crippen LogP contribution in [0.5, 0.6) is 0 Å². The number of hydrogen-bond acceptors (Lipinski definition) is 3. The van der Waals surface area contributed by atoms with Crippen molar-refractivity contribution in [1.82, 2.24) is 19.9 Å². The first-order valence-corrected chi connectivity index (χ1v) is 10.5. The first-order chi connectivity index (χ1) is 16.1. The van der Waals surface area contributed by atoms with Gasteiger partial charge in [-0.3, -0.25) is 0 Å². The van der Waals surface area contributed by atoms with Gasteiger partial charge in [0.15, 0.2) is 0 Å².